The summed E-state index contributed by atoms with van der Waals surface area (Å²) in [6.07, 6.45) is 5.83. The summed E-state index contributed by atoms with van der Waals surface area (Å²) < 4.78 is 1.47. The fraction of sp³-hybridized carbons (Fsp3) is 0.0588. The van der Waals surface area contributed by atoms with Crippen molar-refractivity contribution in [3.8, 4) is 5.82 Å². The Morgan fingerprint density at radius 3 is 2.85 bits per heavy atom. The predicted octanol–water partition coefficient (Wildman–Crippen LogP) is 3.17. The van der Waals surface area contributed by atoms with Gasteiger partial charge in [-0.3, -0.25) is 19.7 Å². The highest BCUT2D eigenvalue weighted by Crippen LogP contribution is 2.32. The number of fused-ring (bicyclic) bond motifs is 1. The Hall–Kier alpha value is -3.88. The summed E-state index contributed by atoms with van der Waals surface area (Å²) in [6.45, 7) is 1.89. The van der Waals surface area contributed by atoms with E-state index in [4.69, 9.17) is 0 Å². The fourth-order valence-corrected chi connectivity index (χ4v) is 2.68. The molecule has 0 aliphatic carbocycles. The van der Waals surface area contributed by atoms with Crippen molar-refractivity contribution in [2.75, 3.05) is 5.32 Å². The van der Waals surface area contributed by atoms with Gasteiger partial charge in [0.05, 0.1) is 16.1 Å². The number of anilines is 2. The van der Waals surface area contributed by atoms with Crippen LogP contribution in [0.4, 0.5) is 17.2 Å². The van der Waals surface area contributed by atoms with Crippen LogP contribution in [0.5, 0.6) is 0 Å². The highest BCUT2D eigenvalue weighted by Gasteiger charge is 2.24. The van der Waals surface area contributed by atoms with Crippen molar-refractivity contribution < 1.29 is 4.92 Å². The molecule has 26 heavy (non-hydrogen) atoms. The number of para-hydroxylation sites is 1. The van der Waals surface area contributed by atoms with Crippen molar-refractivity contribution in [3.63, 3.8) is 0 Å². The first-order valence-electron chi connectivity index (χ1n) is 7.74. The van der Waals surface area contributed by atoms with Gasteiger partial charge in [-0.15, -0.1) is 0 Å². The minimum absolute atomic E-state index is 0.0875. The van der Waals surface area contributed by atoms with Gasteiger partial charge in [0.1, 0.15) is 12.7 Å². The van der Waals surface area contributed by atoms with E-state index in [1.165, 1.54) is 23.4 Å². The molecular weight excluding hydrogens is 334 g/mol. The number of hydrogen-bond acceptors (Lipinski definition) is 7. The number of rotatable bonds is 4. The summed E-state index contributed by atoms with van der Waals surface area (Å²) in [5.74, 6) is 0.221. The number of aromatic nitrogens is 5. The van der Waals surface area contributed by atoms with E-state index in [9.17, 15) is 10.1 Å². The molecule has 128 valence electrons. The van der Waals surface area contributed by atoms with Gasteiger partial charge in [0, 0.05) is 23.5 Å². The van der Waals surface area contributed by atoms with Gasteiger partial charge in [-0.2, -0.15) is 0 Å². The number of aryl methyl sites for hydroxylation is 1. The number of hydrogen-bond donors (Lipinski definition) is 1. The van der Waals surface area contributed by atoms with Crippen LogP contribution in [-0.2, 0) is 0 Å². The van der Waals surface area contributed by atoms with Crippen LogP contribution in [0.1, 0.15) is 5.69 Å². The molecule has 0 radical (unpaired) electrons. The van der Waals surface area contributed by atoms with Crippen LogP contribution in [0.15, 0.2) is 55.4 Å². The number of nitrogens with zero attached hydrogens (tertiary/aromatic N) is 6. The predicted molar refractivity (Wildman–Crippen MR) is 95.6 cm³/mol. The normalized spacial score (nSPS) is 10.8. The maximum Gasteiger partial charge on any atom is 0.354 e. The third kappa shape index (κ3) is 2.71. The van der Waals surface area contributed by atoms with Crippen molar-refractivity contribution in [1.29, 1.82) is 0 Å². The van der Waals surface area contributed by atoms with Gasteiger partial charge in [0.2, 0.25) is 11.6 Å². The Bertz CT molecular complexity index is 1110. The Morgan fingerprint density at radius 2 is 2.08 bits per heavy atom. The monoisotopic (exact) mass is 347 g/mol. The number of benzene rings is 1. The summed E-state index contributed by atoms with van der Waals surface area (Å²) in [6, 6.07) is 9.45. The van der Waals surface area contributed by atoms with Crippen LogP contribution in [0.3, 0.4) is 0 Å². The Balaban J connectivity index is 1.86. The lowest BCUT2D eigenvalue weighted by Crippen LogP contribution is -2.07. The zero-order chi connectivity index (χ0) is 18.1. The summed E-state index contributed by atoms with van der Waals surface area (Å²) in [7, 11) is 0. The highest BCUT2D eigenvalue weighted by molar-refractivity contribution is 5.92. The summed E-state index contributed by atoms with van der Waals surface area (Å²) in [5, 5.41) is 15.6. The largest absolute Gasteiger partial charge is 0.354 e. The molecular formula is C17H13N7O2. The molecule has 4 rings (SSSR count). The molecule has 0 saturated heterocycles. The van der Waals surface area contributed by atoms with Crippen molar-refractivity contribution in [2.24, 2.45) is 0 Å². The van der Waals surface area contributed by atoms with E-state index in [0.717, 1.165) is 11.1 Å². The zero-order valence-corrected chi connectivity index (χ0v) is 13.7. The highest BCUT2D eigenvalue weighted by atomic mass is 16.6. The molecule has 0 unspecified atom stereocenters. The van der Waals surface area contributed by atoms with E-state index in [-0.39, 0.29) is 17.3 Å². The lowest BCUT2D eigenvalue weighted by Gasteiger charge is -2.11. The van der Waals surface area contributed by atoms with Gasteiger partial charge in [-0.05, 0) is 19.1 Å². The molecule has 4 aromatic rings. The van der Waals surface area contributed by atoms with Crippen molar-refractivity contribution in [3.05, 3.63) is 71.2 Å². The minimum Gasteiger partial charge on any atom is -0.332 e. The van der Waals surface area contributed by atoms with Gasteiger partial charge in [0.25, 0.3) is 0 Å². The molecule has 0 aliphatic heterocycles. The zero-order valence-electron chi connectivity index (χ0n) is 13.7. The second-order valence-electron chi connectivity index (χ2n) is 5.58. The summed E-state index contributed by atoms with van der Waals surface area (Å²) >= 11 is 0. The van der Waals surface area contributed by atoms with Gasteiger partial charge in [0.15, 0.2) is 0 Å². The third-order valence-electron chi connectivity index (χ3n) is 3.85. The Labute approximate surface area is 147 Å². The topological polar surface area (TPSA) is 112 Å². The molecule has 0 atom stereocenters. The van der Waals surface area contributed by atoms with Crippen LogP contribution >= 0.6 is 0 Å². The first kappa shape index (κ1) is 15.6. The SMILES string of the molecule is Cc1ccc2cccc(Nc3ncnc(-n4ccnc4)c3[N+](=O)[O-])c2n1. The van der Waals surface area contributed by atoms with E-state index in [0.29, 0.717) is 11.2 Å². The summed E-state index contributed by atoms with van der Waals surface area (Å²) in [5.41, 5.74) is 1.95. The van der Waals surface area contributed by atoms with E-state index in [1.807, 2.05) is 31.2 Å². The smallest absolute Gasteiger partial charge is 0.332 e. The van der Waals surface area contributed by atoms with Gasteiger partial charge < -0.3 is 5.32 Å². The lowest BCUT2D eigenvalue weighted by molar-refractivity contribution is -0.384. The molecule has 3 aromatic heterocycles. The average molecular weight is 347 g/mol. The minimum atomic E-state index is -0.512. The van der Waals surface area contributed by atoms with Crippen molar-refractivity contribution in [2.45, 2.75) is 6.92 Å². The molecule has 1 aromatic carbocycles. The fourth-order valence-electron chi connectivity index (χ4n) is 2.68. The molecule has 0 aliphatic rings. The molecule has 9 heteroatoms. The molecule has 0 saturated carbocycles. The van der Waals surface area contributed by atoms with Crippen molar-refractivity contribution in [1.82, 2.24) is 24.5 Å². The van der Waals surface area contributed by atoms with Crippen LogP contribution in [0.2, 0.25) is 0 Å². The number of imidazole rings is 1. The molecule has 0 spiro atoms. The van der Waals surface area contributed by atoms with Crippen LogP contribution in [-0.4, -0.2) is 29.4 Å². The van der Waals surface area contributed by atoms with E-state index in [2.05, 4.69) is 25.3 Å². The average Bonchev–Trinajstić information content (AvgIpc) is 3.16. The number of pyridine rings is 1. The van der Waals surface area contributed by atoms with E-state index >= 15 is 0 Å². The maximum atomic E-state index is 11.7. The number of nitrogens with one attached hydrogen (secondary N) is 1. The molecule has 0 bridgehead atoms. The lowest BCUT2D eigenvalue weighted by atomic mass is 10.1. The third-order valence-corrected chi connectivity index (χ3v) is 3.85. The van der Waals surface area contributed by atoms with Gasteiger partial charge >= 0.3 is 5.69 Å². The molecule has 9 nitrogen and oxygen atoms in total. The van der Waals surface area contributed by atoms with E-state index in [1.54, 1.807) is 12.3 Å². The Morgan fingerprint density at radius 1 is 1.19 bits per heavy atom. The van der Waals surface area contributed by atoms with E-state index < -0.39 is 4.92 Å². The Kier molecular flexibility index (Phi) is 3.73. The quantitative estimate of drug-likeness (QED) is 0.446. The van der Waals surface area contributed by atoms with Crippen molar-refractivity contribution >= 4 is 28.1 Å². The van der Waals surface area contributed by atoms with Gasteiger partial charge in [-0.1, -0.05) is 18.2 Å². The maximum absolute atomic E-state index is 11.7. The second kappa shape index (κ2) is 6.20. The number of nitro groups is 1. The van der Waals surface area contributed by atoms with Gasteiger partial charge in [-0.25, -0.2) is 15.0 Å². The first-order valence-corrected chi connectivity index (χ1v) is 7.74. The van der Waals surface area contributed by atoms with Crippen LogP contribution in [0, 0.1) is 17.0 Å². The molecule has 0 amide bonds. The molecule has 0 fully saturated rings. The first-order chi connectivity index (χ1) is 12.6. The van der Waals surface area contributed by atoms with Crippen LogP contribution in [0.25, 0.3) is 16.7 Å². The summed E-state index contributed by atoms with van der Waals surface area (Å²) in [4.78, 5) is 27.7. The molecule has 1 N–H and O–H groups in total. The standard InChI is InChI=1S/C17H13N7O2/c1-11-5-6-12-3-2-4-13(14(12)21-11)22-16-15(24(25)26)17(20-9-19-16)23-8-7-18-10-23/h2-10H,1H3,(H,19,20,22). The van der Waals surface area contributed by atoms with Crippen LogP contribution < -0.4 is 5.32 Å². The second-order valence-corrected chi connectivity index (χ2v) is 5.58. The molecule has 3 heterocycles.